The lowest BCUT2D eigenvalue weighted by atomic mass is 9.52. The molecule has 4 unspecified atom stereocenters. The van der Waals surface area contributed by atoms with Gasteiger partial charge < -0.3 is 20.8 Å². The predicted octanol–water partition coefficient (Wildman–Crippen LogP) is 4.59. The van der Waals surface area contributed by atoms with Crippen LogP contribution in [-0.4, -0.2) is 63.8 Å². The second kappa shape index (κ2) is 12.1. The van der Waals surface area contributed by atoms with E-state index in [1.165, 1.54) is 36.2 Å². The van der Waals surface area contributed by atoms with Crippen molar-refractivity contribution < 1.29 is 24.7 Å². The minimum atomic E-state index is -1.85. The van der Waals surface area contributed by atoms with Crippen LogP contribution in [-0.2, 0) is 15.0 Å². The molecule has 0 aliphatic carbocycles. The Labute approximate surface area is 257 Å². The molecule has 0 bridgehead atoms. The number of carbonyl (C=O) groups is 2. The van der Waals surface area contributed by atoms with Gasteiger partial charge in [0.15, 0.2) is 0 Å². The Morgan fingerprint density at radius 1 is 0.932 bits per heavy atom. The van der Waals surface area contributed by atoms with Crippen LogP contribution in [0.4, 0.5) is 5.69 Å². The maximum absolute atomic E-state index is 13.5. The van der Waals surface area contributed by atoms with Gasteiger partial charge in [-0.25, -0.2) is 0 Å². The van der Waals surface area contributed by atoms with E-state index in [1.807, 2.05) is 36.4 Å². The minimum Gasteiger partial charge on any atom is -0.481 e. The zero-order valence-corrected chi connectivity index (χ0v) is 25.1. The summed E-state index contributed by atoms with van der Waals surface area (Å²) in [6.45, 7) is 4.86. The number of nitro groups is 1. The summed E-state index contributed by atoms with van der Waals surface area (Å²) in [5.74, 6) is -3.80. The molecule has 2 fully saturated rings. The molecule has 2 saturated heterocycles. The van der Waals surface area contributed by atoms with Gasteiger partial charge >= 0.3 is 11.9 Å². The van der Waals surface area contributed by atoms with Gasteiger partial charge in [-0.15, -0.1) is 0 Å². The van der Waals surface area contributed by atoms with Gasteiger partial charge in [0.2, 0.25) is 0 Å². The zero-order chi connectivity index (χ0) is 31.7. The topological polar surface area (TPSA) is 159 Å². The van der Waals surface area contributed by atoms with Gasteiger partial charge in [0, 0.05) is 29.0 Å². The molecule has 232 valence electrons. The van der Waals surface area contributed by atoms with Crippen molar-refractivity contribution in [3.63, 3.8) is 0 Å². The Bertz CT molecular complexity index is 1470. The van der Waals surface area contributed by atoms with Gasteiger partial charge in [-0.2, -0.15) is 0 Å². The largest absolute Gasteiger partial charge is 0.481 e. The lowest BCUT2D eigenvalue weighted by molar-refractivity contribution is -0.386. The highest BCUT2D eigenvalue weighted by atomic mass is 16.6. The predicted molar refractivity (Wildman–Crippen MR) is 166 cm³/mol. The summed E-state index contributed by atoms with van der Waals surface area (Å²) in [4.78, 5) is 40.2. The van der Waals surface area contributed by atoms with Crippen molar-refractivity contribution in [2.45, 2.75) is 56.7 Å². The highest BCUT2D eigenvalue weighted by Gasteiger charge is 2.66. The maximum Gasteiger partial charge on any atom is 0.312 e. The number of benzene rings is 3. The summed E-state index contributed by atoms with van der Waals surface area (Å²) in [6, 6.07) is 25.9. The number of carboxylic acids is 2. The molecule has 0 saturated carbocycles. The van der Waals surface area contributed by atoms with E-state index in [1.54, 1.807) is 13.0 Å². The van der Waals surface area contributed by atoms with Crippen LogP contribution >= 0.6 is 0 Å². The van der Waals surface area contributed by atoms with Gasteiger partial charge in [-0.1, -0.05) is 78.9 Å². The summed E-state index contributed by atoms with van der Waals surface area (Å²) in [5, 5.41) is 36.7. The van der Waals surface area contributed by atoms with Crippen molar-refractivity contribution in [1.82, 2.24) is 10.2 Å². The molecule has 5 N–H and O–H groups in total. The Kier molecular flexibility index (Phi) is 8.62. The quantitative estimate of drug-likeness (QED) is 0.204. The van der Waals surface area contributed by atoms with Crippen LogP contribution in [0.25, 0.3) is 0 Å². The Morgan fingerprint density at radius 2 is 1.45 bits per heavy atom. The number of carboxylic acid groups (broad SMARTS) is 2. The summed E-state index contributed by atoms with van der Waals surface area (Å²) >= 11 is 0. The lowest BCUT2D eigenvalue weighted by Crippen LogP contribution is -2.72. The molecule has 0 spiro atoms. The van der Waals surface area contributed by atoms with Crippen molar-refractivity contribution in [2.24, 2.45) is 16.6 Å². The molecule has 10 nitrogen and oxygen atoms in total. The lowest BCUT2D eigenvalue weighted by Gasteiger charge is -2.56. The number of hydrogen-bond acceptors (Lipinski definition) is 7. The van der Waals surface area contributed by atoms with Crippen LogP contribution < -0.4 is 11.1 Å². The molecule has 5 rings (SSSR count). The van der Waals surface area contributed by atoms with E-state index in [0.29, 0.717) is 19.6 Å². The van der Waals surface area contributed by atoms with Gasteiger partial charge in [0.25, 0.3) is 5.69 Å². The van der Waals surface area contributed by atoms with E-state index in [9.17, 15) is 29.9 Å². The summed E-state index contributed by atoms with van der Waals surface area (Å²) < 4.78 is 0. The first-order chi connectivity index (χ1) is 21.0. The third-order valence-electron chi connectivity index (χ3n) is 10.5. The third kappa shape index (κ3) is 5.06. The highest BCUT2D eigenvalue weighted by molar-refractivity contribution is 5.84. The number of para-hydroxylation sites is 1. The van der Waals surface area contributed by atoms with Gasteiger partial charge in [-0.3, -0.25) is 25.0 Å². The molecule has 0 radical (unpaired) electrons. The number of aliphatic carboxylic acids is 2. The first kappa shape index (κ1) is 31.3. The normalized spacial score (nSPS) is 28.7. The fourth-order valence-electron chi connectivity index (χ4n) is 7.85. The maximum atomic E-state index is 13.5. The fourth-order valence-corrected chi connectivity index (χ4v) is 7.85. The number of piperidine rings is 2. The molecule has 3 aromatic rings. The molecular weight excluding hydrogens is 560 g/mol. The summed E-state index contributed by atoms with van der Waals surface area (Å²) in [6.07, 6.45) is 0.576. The minimum absolute atomic E-state index is 0.0689. The Hall–Kier alpha value is -4.12. The molecule has 2 aliphatic heterocycles. The number of hydrogen-bond donors (Lipinski definition) is 4. The number of rotatable bonds is 9. The van der Waals surface area contributed by atoms with Crippen molar-refractivity contribution in [1.29, 1.82) is 0 Å². The van der Waals surface area contributed by atoms with E-state index >= 15 is 0 Å². The van der Waals surface area contributed by atoms with E-state index in [-0.39, 0.29) is 23.1 Å². The highest BCUT2D eigenvalue weighted by Crippen LogP contribution is 2.58. The zero-order valence-electron chi connectivity index (χ0n) is 25.1. The molecule has 3 aromatic carbocycles. The molecule has 0 aromatic heterocycles. The molecular formula is C34H40N4O6. The number of nitrogens with one attached hydrogen (secondary N) is 1. The van der Waals surface area contributed by atoms with Gasteiger partial charge in [-0.05, 0) is 63.9 Å². The molecule has 2 heterocycles. The van der Waals surface area contributed by atoms with Crippen molar-refractivity contribution >= 4 is 17.6 Å². The van der Waals surface area contributed by atoms with Crippen LogP contribution in [0, 0.1) is 20.9 Å². The van der Waals surface area contributed by atoms with E-state index in [4.69, 9.17) is 5.73 Å². The third-order valence-corrected chi connectivity index (χ3v) is 10.5. The SMILES string of the molecule is CC1NC(N)C(C)(C(=O)O)[C@H](c2ccccc2[N+](=O)[O-])C1(CCN1CCC(c2ccccc2)(c2ccccc2)CC1)C(=O)O. The fraction of sp³-hybridized carbons (Fsp3) is 0.412. The number of nitrogens with zero attached hydrogens (tertiary/aromatic N) is 2. The van der Waals surface area contributed by atoms with E-state index in [0.717, 1.165) is 12.8 Å². The summed E-state index contributed by atoms with van der Waals surface area (Å²) in [7, 11) is 0. The monoisotopic (exact) mass is 600 g/mol. The van der Waals surface area contributed by atoms with Crippen molar-refractivity contribution in [2.75, 3.05) is 19.6 Å². The average molecular weight is 601 g/mol. The molecule has 44 heavy (non-hydrogen) atoms. The first-order valence-electron chi connectivity index (χ1n) is 15.0. The number of likely N-dealkylation sites (tertiary alicyclic amines) is 1. The molecule has 5 atom stereocenters. The van der Waals surface area contributed by atoms with Gasteiger partial charge in [0.1, 0.15) is 5.41 Å². The molecule has 2 aliphatic rings. The van der Waals surface area contributed by atoms with Crippen LogP contribution in [0.1, 0.15) is 55.7 Å². The number of nitro benzene ring substituents is 1. The Morgan fingerprint density at radius 3 is 1.95 bits per heavy atom. The van der Waals surface area contributed by atoms with Crippen molar-refractivity contribution in [3.05, 3.63) is 112 Å². The molecule has 0 amide bonds. The first-order valence-corrected chi connectivity index (χ1v) is 15.0. The van der Waals surface area contributed by atoms with Crippen LogP contribution in [0.2, 0.25) is 0 Å². The van der Waals surface area contributed by atoms with E-state index < -0.39 is 45.8 Å². The van der Waals surface area contributed by atoms with Crippen LogP contribution in [0.3, 0.4) is 0 Å². The van der Waals surface area contributed by atoms with Crippen molar-refractivity contribution in [3.8, 4) is 0 Å². The summed E-state index contributed by atoms with van der Waals surface area (Å²) in [5.41, 5.74) is 4.87. The molecule has 10 heteroatoms. The second-order valence-electron chi connectivity index (χ2n) is 12.5. The standard InChI is InChI=1S/C34H40N4O6/c1-23-34(31(41)42,28(32(2,30(39)40)29(35)36-23)26-15-9-10-16-27(26)38(43)44)19-22-37-20-17-33(18-21-37,24-11-5-3-6-12-24)25-13-7-4-8-14-25/h3-16,23,28-29,36H,17-22,35H2,1-2H3,(H,39,40)(H,41,42)/t23?,28-,29?,32?,34?/m0/s1. The van der Waals surface area contributed by atoms with Crippen LogP contribution in [0.5, 0.6) is 0 Å². The van der Waals surface area contributed by atoms with Gasteiger partial charge in [0.05, 0.1) is 16.5 Å². The Balaban J connectivity index is 1.50. The second-order valence-corrected chi connectivity index (χ2v) is 12.5. The van der Waals surface area contributed by atoms with E-state index in [2.05, 4.69) is 34.5 Å². The smallest absolute Gasteiger partial charge is 0.312 e. The average Bonchev–Trinajstić information content (AvgIpc) is 3.03. The number of nitrogens with two attached hydrogens (primary N) is 1. The van der Waals surface area contributed by atoms with Crippen LogP contribution in [0.15, 0.2) is 84.9 Å².